The number of benzene rings is 1. The van der Waals surface area contributed by atoms with Crippen LogP contribution in [0.15, 0.2) is 29.3 Å². The number of amides is 2. The van der Waals surface area contributed by atoms with Crippen LogP contribution in [0.3, 0.4) is 0 Å². The Morgan fingerprint density at radius 1 is 1.31 bits per heavy atom. The summed E-state index contributed by atoms with van der Waals surface area (Å²) in [5.74, 6) is -0.172. The minimum atomic E-state index is -4.39. The Kier molecular flexibility index (Phi) is 7.76. The number of hydrogen-bond acceptors (Lipinski definition) is 7. The van der Waals surface area contributed by atoms with E-state index in [4.69, 9.17) is 9.47 Å². The molecule has 0 bridgehead atoms. The molecule has 14 heteroatoms. The number of anilines is 2. The van der Waals surface area contributed by atoms with Crippen molar-refractivity contribution in [3.8, 4) is 5.75 Å². The highest BCUT2D eigenvalue weighted by molar-refractivity contribution is 7.92. The normalized spacial score (nSPS) is 15.8. The van der Waals surface area contributed by atoms with E-state index in [-0.39, 0.29) is 58.5 Å². The van der Waals surface area contributed by atoms with Crippen LogP contribution in [-0.4, -0.2) is 56.0 Å². The second kappa shape index (κ2) is 10.3. The first-order valence-corrected chi connectivity index (χ1v) is 12.5. The van der Waals surface area contributed by atoms with Crippen molar-refractivity contribution in [2.75, 3.05) is 29.3 Å². The lowest BCUT2D eigenvalue weighted by atomic mass is 9.99. The second-order valence-electron chi connectivity index (χ2n) is 9.49. The zero-order valence-corrected chi connectivity index (χ0v) is 21.4. The van der Waals surface area contributed by atoms with Gasteiger partial charge in [-0.25, -0.2) is 17.9 Å². The smallest absolute Gasteiger partial charge is 0.411 e. The van der Waals surface area contributed by atoms with Gasteiger partial charge in [-0.05, 0) is 30.5 Å². The van der Waals surface area contributed by atoms with E-state index in [2.05, 4.69) is 15.7 Å². The van der Waals surface area contributed by atoms with E-state index in [9.17, 15) is 26.8 Å². The monoisotopic (exact) mass is 529 g/mol. The van der Waals surface area contributed by atoms with E-state index in [0.29, 0.717) is 0 Å². The molecule has 198 valence electrons. The number of rotatable bonds is 7. The number of carbonyl (C=O) groups is 2. The van der Waals surface area contributed by atoms with Gasteiger partial charge in [0.15, 0.2) is 0 Å². The number of nitrogens with one attached hydrogen (secondary N) is 2. The number of alkyl halides is 2. The summed E-state index contributed by atoms with van der Waals surface area (Å²) in [6.45, 7) is 5.23. The fourth-order valence-electron chi connectivity index (χ4n) is 3.35. The summed E-state index contributed by atoms with van der Waals surface area (Å²) in [5, 5.41) is 8.73. The maximum Gasteiger partial charge on any atom is 0.411 e. The Morgan fingerprint density at radius 3 is 2.58 bits per heavy atom. The zero-order chi connectivity index (χ0) is 26.8. The lowest BCUT2D eigenvalue weighted by molar-refractivity contribution is -0.119. The highest BCUT2D eigenvalue weighted by Gasteiger charge is 2.37. The number of carbonyl (C=O) groups excluding carboxylic acids is 2. The van der Waals surface area contributed by atoms with E-state index in [0.717, 1.165) is 10.5 Å². The Morgan fingerprint density at radius 2 is 2.00 bits per heavy atom. The molecule has 2 N–H and O–H groups in total. The van der Waals surface area contributed by atoms with Gasteiger partial charge in [-0.3, -0.25) is 14.4 Å². The number of aromatic nitrogens is 2. The van der Waals surface area contributed by atoms with Gasteiger partial charge in [0.25, 0.3) is 10.0 Å². The maximum absolute atomic E-state index is 13.6. The zero-order valence-electron chi connectivity index (χ0n) is 20.5. The fourth-order valence-corrected chi connectivity index (χ4v) is 5.01. The number of hydrogen-bond donors (Lipinski definition) is 2. The number of nitrogens with zero attached hydrogens (tertiary/aromatic N) is 3. The molecule has 1 aliphatic rings. The molecule has 0 fully saturated rings. The van der Waals surface area contributed by atoms with Crippen LogP contribution < -0.4 is 19.7 Å². The van der Waals surface area contributed by atoms with Crippen molar-refractivity contribution in [1.29, 1.82) is 0 Å². The first kappa shape index (κ1) is 27.2. The maximum atomic E-state index is 13.6. The largest absolute Gasteiger partial charge is 0.484 e. The summed E-state index contributed by atoms with van der Waals surface area (Å²) >= 11 is 0. The molecule has 36 heavy (non-hydrogen) atoms. The van der Waals surface area contributed by atoms with Crippen molar-refractivity contribution >= 4 is 33.4 Å². The van der Waals surface area contributed by atoms with Gasteiger partial charge in [0.2, 0.25) is 5.91 Å². The van der Waals surface area contributed by atoms with Crippen LogP contribution in [0, 0.1) is 12.3 Å². The topological polar surface area (TPSA) is 132 Å². The fraction of sp³-hybridized carbons (Fsp3) is 0.500. The van der Waals surface area contributed by atoms with Crippen LogP contribution in [0.25, 0.3) is 0 Å². The standard InChI is InChI=1S/C22H29F2N5O6S/c1-13-19(11-28(27-13)20(23)24)36(32,33)29-10-16(9-25-14(2)30)35-18-7-6-15(8-17(18)29)26-21(31)34-12-22(3,4)5/h6-8,11,16,20H,9-10,12H2,1-5H3,(H,25,30)(H,26,31). The van der Waals surface area contributed by atoms with Gasteiger partial charge in [0, 0.05) is 12.6 Å². The van der Waals surface area contributed by atoms with Crippen LogP contribution in [0.5, 0.6) is 5.75 Å². The first-order valence-electron chi connectivity index (χ1n) is 11.0. The molecule has 1 unspecified atom stereocenters. The Bertz CT molecular complexity index is 1240. The predicted molar refractivity (Wildman–Crippen MR) is 127 cm³/mol. The van der Waals surface area contributed by atoms with Crippen molar-refractivity contribution in [3.63, 3.8) is 0 Å². The predicted octanol–water partition coefficient (Wildman–Crippen LogP) is 3.27. The minimum absolute atomic E-state index is 0.00913. The second-order valence-corrected chi connectivity index (χ2v) is 11.3. The van der Waals surface area contributed by atoms with Crippen molar-refractivity contribution < 1.29 is 36.3 Å². The molecule has 2 heterocycles. The molecule has 0 saturated carbocycles. The lowest BCUT2D eigenvalue weighted by Crippen LogP contribution is -2.48. The third kappa shape index (κ3) is 6.42. The van der Waals surface area contributed by atoms with Crippen molar-refractivity contribution in [1.82, 2.24) is 15.1 Å². The third-order valence-electron chi connectivity index (χ3n) is 4.99. The Balaban J connectivity index is 1.97. The average molecular weight is 530 g/mol. The van der Waals surface area contributed by atoms with E-state index in [1.807, 2.05) is 20.8 Å². The number of halogens is 2. The molecule has 2 aromatic rings. The molecule has 0 radical (unpaired) electrons. The van der Waals surface area contributed by atoms with Crippen molar-refractivity contribution in [3.05, 3.63) is 30.1 Å². The first-order chi connectivity index (χ1) is 16.7. The van der Waals surface area contributed by atoms with Gasteiger partial charge >= 0.3 is 12.6 Å². The highest BCUT2D eigenvalue weighted by atomic mass is 32.2. The molecule has 0 aliphatic carbocycles. The highest BCUT2D eigenvalue weighted by Crippen LogP contribution is 2.39. The minimum Gasteiger partial charge on any atom is -0.484 e. The number of sulfonamides is 1. The molecule has 11 nitrogen and oxygen atoms in total. The molecule has 2 amide bonds. The molecular weight excluding hydrogens is 500 g/mol. The number of fused-ring (bicyclic) bond motifs is 1. The molecule has 0 spiro atoms. The lowest BCUT2D eigenvalue weighted by Gasteiger charge is -2.35. The molecule has 1 aromatic heterocycles. The van der Waals surface area contributed by atoms with Gasteiger partial charge in [-0.1, -0.05) is 20.8 Å². The molecule has 0 saturated heterocycles. The average Bonchev–Trinajstić information content (AvgIpc) is 3.18. The van der Waals surface area contributed by atoms with E-state index < -0.39 is 33.7 Å². The number of aryl methyl sites for hydroxylation is 1. The van der Waals surface area contributed by atoms with Gasteiger partial charge in [0.05, 0.1) is 37.3 Å². The van der Waals surface area contributed by atoms with Crippen LogP contribution in [-0.2, 0) is 19.6 Å². The third-order valence-corrected chi connectivity index (χ3v) is 6.87. The van der Waals surface area contributed by atoms with Gasteiger partial charge < -0.3 is 14.8 Å². The van der Waals surface area contributed by atoms with E-state index in [1.165, 1.54) is 32.0 Å². The molecule has 1 atom stereocenters. The Hall–Kier alpha value is -3.42. The molecular formula is C22H29F2N5O6S. The summed E-state index contributed by atoms with van der Waals surface area (Å²) < 4.78 is 65.9. The van der Waals surface area contributed by atoms with Gasteiger partial charge in [-0.15, -0.1) is 0 Å². The summed E-state index contributed by atoms with van der Waals surface area (Å²) in [6.07, 6.45) is -0.731. The van der Waals surface area contributed by atoms with Crippen LogP contribution in [0.1, 0.15) is 39.9 Å². The molecule has 1 aromatic carbocycles. The SMILES string of the molecule is CC(=O)NCC1CN(S(=O)(=O)c2cn(C(F)F)nc2C)c2cc(NC(=O)OCC(C)(C)C)ccc2O1. The molecule has 1 aliphatic heterocycles. The van der Waals surface area contributed by atoms with Crippen molar-refractivity contribution in [2.45, 2.75) is 52.2 Å². The van der Waals surface area contributed by atoms with E-state index >= 15 is 0 Å². The van der Waals surface area contributed by atoms with Gasteiger partial charge in [0.1, 0.15) is 16.7 Å². The summed E-state index contributed by atoms with van der Waals surface area (Å²) in [6, 6.07) is 4.35. The Labute approximate surface area is 207 Å². The van der Waals surface area contributed by atoms with E-state index in [1.54, 1.807) is 0 Å². The quantitative estimate of drug-likeness (QED) is 0.563. The van der Waals surface area contributed by atoms with Crippen molar-refractivity contribution in [2.24, 2.45) is 5.41 Å². The summed E-state index contributed by atoms with van der Waals surface area (Å²) in [5.41, 5.74) is -0.0551. The van der Waals surface area contributed by atoms with Gasteiger partial charge in [-0.2, -0.15) is 13.9 Å². The van der Waals surface area contributed by atoms with Crippen LogP contribution >= 0.6 is 0 Å². The summed E-state index contributed by atoms with van der Waals surface area (Å²) in [7, 11) is -4.39. The van der Waals surface area contributed by atoms with Crippen LogP contribution in [0.2, 0.25) is 0 Å². The number of ether oxygens (including phenoxy) is 2. The summed E-state index contributed by atoms with van der Waals surface area (Å²) in [4.78, 5) is 23.2. The van der Waals surface area contributed by atoms with Crippen LogP contribution in [0.4, 0.5) is 25.0 Å². The molecule has 3 rings (SSSR count).